The number of nitrogens with zero attached hydrogens (tertiary/aromatic N) is 1. The van der Waals surface area contributed by atoms with Crippen molar-refractivity contribution >= 4 is 39.2 Å². The Labute approximate surface area is 124 Å². The van der Waals surface area contributed by atoms with Crippen LogP contribution in [0.25, 0.3) is 5.76 Å². The van der Waals surface area contributed by atoms with Gasteiger partial charge in [0.15, 0.2) is 0 Å². The van der Waals surface area contributed by atoms with Crippen LogP contribution in [0.4, 0.5) is 8.78 Å². The van der Waals surface area contributed by atoms with Crippen molar-refractivity contribution in [3.63, 3.8) is 0 Å². The fourth-order valence-corrected chi connectivity index (χ4v) is 2.06. The van der Waals surface area contributed by atoms with Crippen LogP contribution in [-0.4, -0.2) is 19.4 Å². The normalized spacial score (nSPS) is 13.0. The predicted octanol–water partition coefficient (Wildman–Crippen LogP) is 4.91. The van der Waals surface area contributed by atoms with Crippen molar-refractivity contribution in [2.45, 2.75) is 18.7 Å². The second-order valence-corrected chi connectivity index (χ2v) is 4.53. The number of hydrogen-bond acceptors (Lipinski definition) is 2. The maximum absolute atomic E-state index is 12.6. The van der Waals surface area contributed by atoms with E-state index < -0.39 is 12.3 Å². The van der Waals surface area contributed by atoms with Gasteiger partial charge in [-0.1, -0.05) is 33.6 Å². The van der Waals surface area contributed by atoms with Gasteiger partial charge in [0.05, 0.1) is 5.02 Å². The first-order valence-electron chi connectivity index (χ1n) is 5.47. The van der Waals surface area contributed by atoms with Crippen LogP contribution in [0.3, 0.4) is 0 Å². The number of allylic oxidation sites excluding steroid dienone is 1. The highest BCUT2D eigenvalue weighted by Crippen LogP contribution is 2.27. The number of hydrogen-bond donors (Lipinski definition) is 0. The van der Waals surface area contributed by atoms with E-state index in [-0.39, 0.29) is 5.76 Å². The molecule has 0 aliphatic carbocycles. The topological polar surface area (TPSA) is 21.6 Å². The van der Waals surface area contributed by atoms with Gasteiger partial charge >= 0.3 is 6.43 Å². The summed E-state index contributed by atoms with van der Waals surface area (Å²) in [5, 5.41) is 1.10. The molecule has 2 nitrogen and oxygen atoms in total. The molecule has 0 saturated heterocycles. The van der Waals surface area contributed by atoms with Gasteiger partial charge in [-0.05, 0) is 30.7 Å². The highest BCUT2D eigenvalue weighted by molar-refractivity contribution is 9.08. The summed E-state index contributed by atoms with van der Waals surface area (Å²) in [5.41, 5.74) is 1.54. The zero-order chi connectivity index (χ0) is 14.4. The fraction of sp³-hybridized carbons (Fsp3) is 0.308. The first-order valence-corrected chi connectivity index (χ1v) is 6.97. The molecule has 0 unspecified atom stereocenters. The monoisotopic (exact) mass is 351 g/mol. The average molecular weight is 353 g/mol. The smallest absolute Gasteiger partial charge is 0.312 e. The van der Waals surface area contributed by atoms with Gasteiger partial charge in [-0.15, -0.1) is 0 Å². The van der Waals surface area contributed by atoms with Crippen molar-refractivity contribution in [1.29, 1.82) is 0 Å². The SMILES string of the molecule is C/C=C(\OC(=NC)C(F)F)c1ccc(CBr)cc1Cl. The lowest BCUT2D eigenvalue weighted by molar-refractivity contribution is 0.196. The second-order valence-electron chi connectivity index (χ2n) is 3.57. The molecule has 0 spiro atoms. The first-order chi connectivity index (χ1) is 9.03. The maximum Gasteiger partial charge on any atom is 0.312 e. The van der Waals surface area contributed by atoms with E-state index in [0.29, 0.717) is 15.9 Å². The van der Waals surface area contributed by atoms with Crippen LogP contribution < -0.4 is 0 Å². The standard InChI is InChI=1S/C13H13BrClF2NO/c1-3-11(19-13(18-2)12(16)17)9-5-4-8(7-14)6-10(9)15/h3-6,12H,7H2,1-2H3/b11-3-,18-13?. The van der Waals surface area contributed by atoms with Crippen LogP contribution >= 0.6 is 27.5 Å². The van der Waals surface area contributed by atoms with Crippen molar-refractivity contribution in [2.24, 2.45) is 4.99 Å². The van der Waals surface area contributed by atoms with E-state index in [1.165, 1.54) is 7.05 Å². The predicted molar refractivity (Wildman–Crippen MR) is 78.2 cm³/mol. The van der Waals surface area contributed by atoms with E-state index in [1.807, 2.05) is 6.07 Å². The lowest BCUT2D eigenvalue weighted by Gasteiger charge is -2.13. The van der Waals surface area contributed by atoms with Crippen molar-refractivity contribution < 1.29 is 13.5 Å². The summed E-state index contributed by atoms with van der Waals surface area (Å²) in [6.07, 6.45) is -1.19. The van der Waals surface area contributed by atoms with Crippen LogP contribution in [-0.2, 0) is 10.1 Å². The van der Waals surface area contributed by atoms with Crippen molar-refractivity contribution in [1.82, 2.24) is 0 Å². The van der Waals surface area contributed by atoms with Crippen molar-refractivity contribution in [3.05, 3.63) is 40.4 Å². The molecule has 0 saturated carbocycles. The number of aliphatic imine (C=N–C) groups is 1. The molecule has 1 rings (SSSR count). The highest BCUT2D eigenvalue weighted by Gasteiger charge is 2.18. The summed E-state index contributed by atoms with van der Waals surface area (Å²) < 4.78 is 30.3. The minimum atomic E-state index is -2.76. The van der Waals surface area contributed by atoms with Crippen molar-refractivity contribution in [3.8, 4) is 0 Å². The molecule has 104 valence electrons. The minimum Gasteiger partial charge on any atom is -0.437 e. The van der Waals surface area contributed by atoms with Crippen LogP contribution in [0.15, 0.2) is 29.3 Å². The van der Waals surface area contributed by atoms with Gasteiger partial charge in [0.25, 0.3) is 5.90 Å². The molecule has 0 radical (unpaired) electrons. The molecular weight excluding hydrogens is 340 g/mol. The number of rotatable bonds is 4. The zero-order valence-corrected chi connectivity index (χ0v) is 12.8. The maximum atomic E-state index is 12.6. The Morgan fingerprint density at radius 1 is 1.53 bits per heavy atom. The molecule has 0 atom stereocenters. The number of benzene rings is 1. The van der Waals surface area contributed by atoms with E-state index in [9.17, 15) is 8.78 Å². The van der Waals surface area contributed by atoms with Gasteiger partial charge < -0.3 is 4.74 Å². The summed E-state index contributed by atoms with van der Waals surface area (Å²) in [6, 6.07) is 5.32. The molecule has 6 heteroatoms. The third-order valence-corrected chi connectivity index (χ3v) is 3.30. The molecule has 0 heterocycles. The van der Waals surface area contributed by atoms with Crippen LogP contribution in [0, 0.1) is 0 Å². The Hall–Kier alpha value is -0.940. The summed E-state index contributed by atoms with van der Waals surface area (Å²) in [7, 11) is 1.25. The summed E-state index contributed by atoms with van der Waals surface area (Å²) in [5.74, 6) is -0.374. The molecule has 0 N–H and O–H groups in total. The molecule has 0 aliphatic heterocycles. The first kappa shape index (κ1) is 16.1. The second kappa shape index (κ2) is 7.60. The lowest BCUT2D eigenvalue weighted by atomic mass is 10.1. The molecule has 0 aliphatic rings. The Bertz CT molecular complexity index is 503. The van der Waals surface area contributed by atoms with E-state index in [1.54, 1.807) is 25.1 Å². The molecule has 1 aromatic rings. The lowest BCUT2D eigenvalue weighted by Crippen LogP contribution is -2.14. The van der Waals surface area contributed by atoms with Gasteiger partial charge in [-0.25, -0.2) is 0 Å². The van der Waals surface area contributed by atoms with Gasteiger partial charge in [0.2, 0.25) is 0 Å². The molecule has 0 bridgehead atoms. The molecule has 0 amide bonds. The van der Waals surface area contributed by atoms with Crippen LogP contribution in [0.5, 0.6) is 0 Å². The van der Waals surface area contributed by atoms with Gasteiger partial charge in [0.1, 0.15) is 5.76 Å². The van der Waals surface area contributed by atoms with Crippen LogP contribution in [0.1, 0.15) is 18.1 Å². The van der Waals surface area contributed by atoms with Crippen LogP contribution in [0.2, 0.25) is 5.02 Å². The minimum absolute atomic E-state index is 0.257. The quantitative estimate of drug-likeness (QED) is 0.327. The molecule has 1 aromatic carbocycles. The summed E-state index contributed by atoms with van der Waals surface area (Å²) in [4.78, 5) is 3.42. The summed E-state index contributed by atoms with van der Waals surface area (Å²) >= 11 is 9.44. The van der Waals surface area contributed by atoms with E-state index in [4.69, 9.17) is 16.3 Å². The Morgan fingerprint density at radius 3 is 2.63 bits per heavy atom. The molecule has 0 aromatic heterocycles. The number of halogens is 4. The molecule has 0 fully saturated rings. The van der Waals surface area contributed by atoms with E-state index in [2.05, 4.69) is 20.9 Å². The summed E-state index contributed by atoms with van der Waals surface area (Å²) in [6.45, 7) is 1.68. The van der Waals surface area contributed by atoms with Crippen molar-refractivity contribution in [2.75, 3.05) is 7.05 Å². The van der Waals surface area contributed by atoms with E-state index in [0.717, 1.165) is 5.56 Å². The third kappa shape index (κ3) is 4.28. The fourth-order valence-electron chi connectivity index (χ4n) is 1.41. The van der Waals surface area contributed by atoms with Gasteiger partial charge in [-0.3, -0.25) is 4.99 Å². The molecular formula is C13H13BrClF2NO. The Balaban J connectivity index is 3.05. The van der Waals surface area contributed by atoms with Gasteiger partial charge in [-0.2, -0.15) is 8.78 Å². The highest BCUT2D eigenvalue weighted by atomic mass is 79.9. The van der Waals surface area contributed by atoms with E-state index >= 15 is 0 Å². The zero-order valence-electron chi connectivity index (χ0n) is 10.5. The Kier molecular flexibility index (Phi) is 6.45. The Morgan fingerprint density at radius 2 is 2.21 bits per heavy atom. The largest absolute Gasteiger partial charge is 0.437 e. The molecule has 19 heavy (non-hydrogen) atoms. The third-order valence-electron chi connectivity index (χ3n) is 2.34. The number of alkyl halides is 3. The van der Waals surface area contributed by atoms with Gasteiger partial charge in [0, 0.05) is 17.9 Å². The number of ether oxygens (including phenoxy) is 1. The average Bonchev–Trinajstić information content (AvgIpc) is 2.40.